The number of ether oxygens (including phenoxy) is 1. The Morgan fingerprint density at radius 2 is 1.88 bits per heavy atom. The van der Waals surface area contributed by atoms with Gasteiger partial charge in [0.1, 0.15) is 23.8 Å². The van der Waals surface area contributed by atoms with Gasteiger partial charge in [-0.1, -0.05) is 30.3 Å². The van der Waals surface area contributed by atoms with Crippen molar-refractivity contribution < 1.29 is 27.8 Å². The molecule has 0 amide bonds. The van der Waals surface area contributed by atoms with E-state index in [4.69, 9.17) is 20.0 Å². The molecular formula is C25H21F2NO4. The quantitative estimate of drug-likeness (QED) is 0.407. The standard InChI is InChI=1S/C25H21F2NO4/c1-14-5-6-16(11-23(29)30)21(7-14)31-13-15-8-18-10-22(26)32-25(18)20(9-15)19-4-2-3-17(12-28)24(19)27/h2-10H,11-13,28H2,1H3,(H,29,30). The van der Waals surface area contributed by atoms with Crippen LogP contribution in [0.2, 0.25) is 0 Å². The lowest BCUT2D eigenvalue weighted by atomic mass is 9.98. The van der Waals surface area contributed by atoms with Crippen LogP contribution in [0.1, 0.15) is 22.3 Å². The minimum Gasteiger partial charge on any atom is -0.489 e. The van der Waals surface area contributed by atoms with Gasteiger partial charge in [0.2, 0.25) is 0 Å². The Labute approximate surface area is 183 Å². The molecule has 0 unspecified atom stereocenters. The predicted molar refractivity (Wildman–Crippen MR) is 116 cm³/mol. The minimum absolute atomic E-state index is 0.0256. The molecule has 5 nitrogen and oxygen atoms in total. The van der Waals surface area contributed by atoms with Gasteiger partial charge in [-0.05, 0) is 36.2 Å². The Morgan fingerprint density at radius 1 is 1.06 bits per heavy atom. The minimum atomic E-state index is -0.966. The number of halogens is 2. The van der Waals surface area contributed by atoms with Crippen molar-refractivity contribution in [3.8, 4) is 16.9 Å². The first-order valence-corrected chi connectivity index (χ1v) is 9.99. The normalized spacial score (nSPS) is 11.1. The number of fused-ring (bicyclic) bond motifs is 1. The number of hydrogen-bond donors (Lipinski definition) is 2. The molecule has 164 valence electrons. The van der Waals surface area contributed by atoms with E-state index < -0.39 is 17.8 Å². The number of rotatable bonds is 7. The van der Waals surface area contributed by atoms with Crippen molar-refractivity contribution in [1.29, 1.82) is 0 Å². The Kier molecular flexibility index (Phi) is 5.92. The molecule has 3 N–H and O–H groups in total. The van der Waals surface area contributed by atoms with Gasteiger partial charge < -0.3 is 20.0 Å². The van der Waals surface area contributed by atoms with Crippen molar-refractivity contribution in [2.75, 3.05) is 0 Å². The first-order valence-electron chi connectivity index (χ1n) is 9.99. The first-order chi connectivity index (χ1) is 15.4. The summed E-state index contributed by atoms with van der Waals surface area (Å²) >= 11 is 0. The second-order valence-corrected chi connectivity index (χ2v) is 7.57. The van der Waals surface area contributed by atoms with Gasteiger partial charge in [0.15, 0.2) is 0 Å². The van der Waals surface area contributed by atoms with Crippen LogP contribution in [0.3, 0.4) is 0 Å². The number of aliphatic carboxylic acids is 1. The van der Waals surface area contributed by atoms with E-state index in [9.17, 15) is 13.6 Å². The zero-order valence-corrected chi connectivity index (χ0v) is 17.3. The van der Waals surface area contributed by atoms with Gasteiger partial charge in [-0.15, -0.1) is 0 Å². The molecule has 0 fully saturated rings. The lowest BCUT2D eigenvalue weighted by Crippen LogP contribution is -2.05. The number of aryl methyl sites for hydroxylation is 1. The van der Waals surface area contributed by atoms with E-state index in [1.807, 2.05) is 13.0 Å². The highest BCUT2D eigenvalue weighted by Crippen LogP contribution is 2.35. The highest BCUT2D eigenvalue weighted by Gasteiger charge is 2.17. The van der Waals surface area contributed by atoms with E-state index in [0.29, 0.717) is 33.4 Å². The fourth-order valence-corrected chi connectivity index (χ4v) is 3.68. The molecule has 32 heavy (non-hydrogen) atoms. The fraction of sp³-hybridized carbons (Fsp3) is 0.160. The third-order valence-electron chi connectivity index (χ3n) is 5.19. The largest absolute Gasteiger partial charge is 0.489 e. The molecule has 0 saturated heterocycles. The van der Waals surface area contributed by atoms with Crippen LogP contribution in [0, 0.1) is 18.8 Å². The summed E-state index contributed by atoms with van der Waals surface area (Å²) < 4.78 is 40.0. The van der Waals surface area contributed by atoms with Crippen molar-refractivity contribution in [1.82, 2.24) is 0 Å². The maximum Gasteiger partial charge on any atom is 0.307 e. The molecule has 0 atom stereocenters. The zero-order valence-electron chi connectivity index (χ0n) is 17.3. The average molecular weight is 437 g/mol. The van der Waals surface area contributed by atoms with E-state index in [1.165, 1.54) is 6.07 Å². The molecule has 0 aliphatic carbocycles. The zero-order chi connectivity index (χ0) is 22.8. The number of carbonyl (C=O) groups is 1. The summed E-state index contributed by atoms with van der Waals surface area (Å²) in [6, 6.07) is 14.0. The third-order valence-corrected chi connectivity index (χ3v) is 5.19. The van der Waals surface area contributed by atoms with Crippen LogP contribution in [0.25, 0.3) is 22.1 Å². The van der Waals surface area contributed by atoms with E-state index in [0.717, 1.165) is 5.56 Å². The van der Waals surface area contributed by atoms with E-state index in [-0.39, 0.29) is 30.7 Å². The van der Waals surface area contributed by atoms with Crippen molar-refractivity contribution in [2.24, 2.45) is 5.73 Å². The number of nitrogens with two attached hydrogens (primary N) is 1. The number of benzene rings is 3. The van der Waals surface area contributed by atoms with Crippen molar-refractivity contribution in [3.63, 3.8) is 0 Å². The molecule has 0 bridgehead atoms. The van der Waals surface area contributed by atoms with Gasteiger partial charge in [-0.3, -0.25) is 4.79 Å². The Hall–Kier alpha value is -3.71. The maximum atomic E-state index is 15.0. The topological polar surface area (TPSA) is 85.7 Å². The van der Waals surface area contributed by atoms with E-state index in [1.54, 1.807) is 42.5 Å². The molecule has 0 spiro atoms. The highest BCUT2D eigenvalue weighted by molar-refractivity contribution is 5.93. The van der Waals surface area contributed by atoms with Crippen LogP contribution in [-0.4, -0.2) is 11.1 Å². The SMILES string of the molecule is Cc1ccc(CC(=O)O)c(OCc2cc(-c3cccc(CN)c3F)c3oc(F)cc3c2)c1. The van der Waals surface area contributed by atoms with Crippen LogP contribution in [0.15, 0.2) is 59.0 Å². The lowest BCUT2D eigenvalue weighted by molar-refractivity contribution is -0.136. The molecule has 1 aromatic heterocycles. The van der Waals surface area contributed by atoms with Crippen LogP contribution < -0.4 is 10.5 Å². The summed E-state index contributed by atoms with van der Waals surface area (Å²) in [6.45, 7) is 1.98. The average Bonchev–Trinajstić information content (AvgIpc) is 3.13. The summed E-state index contributed by atoms with van der Waals surface area (Å²) in [4.78, 5) is 11.2. The van der Waals surface area contributed by atoms with E-state index in [2.05, 4.69) is 0 Å². The molecule has 3 aromatic carbocycles. The highest BCUT2D eigenvalue weighted by atomic mass is 19.1. The maximum absolute atomic E-state index is 15.0. The van der Waals surface area contributed by atoms with Gasteiger partial charge >= 0.3 is 5.97 Å². The van der Waals surface area contributed by atoms with Gasteiger partial charge in [0.25, 0.3) is 6.01 Å². The van der Waals surface area contributed by atoms with Gasteiger partial charge in [0.05, 0.1) is 6.42 Å². The number of hydrogen-bond acceptors (Lipinski definition) is 4. The second kappa shape index (κ2) is 8.80. The Morgan fingerprint density at radius 3 is 2.62 bits per heavy atom. The molecule has 7 heteroatoms. The summed E-state index contributed by atoms with van der Waals surface area (Å²) in [5, 5.41) is 9.62. The molecule has 4 aromatic rings. The van der Waals surface area contributed by atoms with Crippen molar-refractivity contribution >= 4 is 16.9 Å². The first kappa shape index (κ1) is 21.5. The fourth-order valence-electron chi connectivity index (χ4n) is 3.68. The van der Waals surface area contributed by atoms with Gasteiger partial charge in [-0.25, -0.2) is 4.39 Å². The molecule has 0 radical (unpaired) electrons. The van der Waals surface area contributed by atoms with Gasteiger partial charge in [-0.2, -0.15) is 4.39 Å². The summed E-state index contributed by atoms with van der Waals surface area (Å²) in [7, 11) is 0. The molecule has 0 saturated carbocycles. The number of furan rings is 1. The van der Waals surface area contributed by atoms with Crippen LogP contribution >= 0.6 is 0 Å². The van der Waals surface area contributed by atoms with Crippen LogP contribution in [0.4, 0.5) is 8.78 Å². The molecule has 1 heterocycles. The molecule has 0 aliphatic heterocycles. The van der Waals surface area contributed by atoms with E-state index >= 15 is 0 Å². The number of carboxylic acids is 1. The van der Waals surface area contributed by atoms with Crippen molar-refractivity contribution in [2.45, 2.75) is 26.5 Å². The monoisotopic (exact) mass is 437 g/mol. The summed E-state index contributed by atoms with van der Waals surface area (Å²) in [6.07, 6.45) is -0.177. The third kappa shape index (κ3) is 4.33. The number of carboxylic acid groups (broad SMARTS) is 1. The smallest absolute Gasteiger partial charge is 0.307 e. The molecule has 4 rings (SSSR count). The molecular weight excluding hydrogens is 416 g/mol. The summed E-state index contributed by atoms with van der Waals surface area (Å²) in [5.74, 6) is -1.01. The molecule has 0 aliphatic rings. The Balaban J connectivity index is 1.75. The summed E-state index contributed by atoms with van der Waals surface area (Å²) in [5.41, 5.74) is 8.93. The second-order valence-electron chi connectivity index (χ2n) is 7.57. The van der Waals surface area contributed by atoms with Crippen LogP contribution in [0.5, 0.6) is 5.75 Å². The lowest BCUT2D eigenvalue weighted by Gasteiger charge is -2.13. The predicted octanol–water partition coefficient (Wildman–Crippen LogP) is 5.35. The Bertz CT molecular complexity index is 1310. The van der Waals surface area contributed by atoms with Crippen LogP contribution in [-0.2, 0) is 24.4 Å². The van der Waals surface area contributed by atoms with Crippen molar-refractivity contribution in [3.05, 3.63) is 88.7 Å². The van der Waals surface area contributed by atoms with Gasteiger partial charge in [0, 0.05) is 40.3 Å².